The third-order valence-corrected chi connectivity index (χ3v) is 8.30. The van der Waals surface area contributed by atoms with E-state index >= 15 is 0 Å². The molecule has 1 atom stereocenters. The molecule has 1 aliphatic rings. The first-order valence-electron chi connectivity index (χ1n) is 12.8. The average molecular weight is 588 g/mol. The van der Waals surface area contributed by atoms with E-state index in [1.165, 1.54) is 4.90 Å². The molecule has 1 aliphatic carbocycles. The topological polar surface area (TPSA) is 86.8 Å². The molecule has 2 aromatic carbocycles. The van der Waals surface area contributed by atoms with Gasteiger partial charge < -0.3 is 10.2 Å². The van der Waals surface area contributed by atoms with Crippen LogP contribution in [0.5, 0.6) is 0 Å². The van der Waals surface area contributed by atoms with Crippen LogP contribution in [-0.2, 0) is 32.2 Å². The smallest absolute Gasteiger partial charge is 0.352 e. The van der Waals surface area contributed by atoms with Crippen molar-refractivity contribution in [1.82, 2.24) is 10.2 Å². The first-order valence-corrected chi connectivity index (χ1v) is 15.0. The number of amides is 2. The fourth-order valence-electron chi connectivity index (χ4n) is 4.64. The lowest BCUT2D eigenvalue weighted by Gasteiger charge is -2.33. The SMILES string of the molecule is CC(C(=O)NC1CCCCC1)N(CCc1ccccc1)C(=O)CN(c1ccc(Cl)c(C(F)(F)F)c1)S(C)(=O)=O. The Morgan fingerprint density at radius 3 is 2.31 bits per heavy atom. The van der Waals surface area contributed by atoms with Gasteiger partial charge >= 0.3 is 6.18 Å². The summed E-state index contributed by atoms with van der Waals surface area (Å²) in [6.45, 7) is 0.887. The van der Waals surface area contributed by atoms with Crippen LogP contribution in [0, 0.1) is 0 Å². The van der Waals surface area contributed by atoms with Crippen molar-refractivity contribution in [3.05, 3.63) is 64.7 Å². The van der Waals surface area contributed by atoms with Gasteiger partial charge in [-0.3, -0.25) is 13.9 Å². The Balaban J connectivity index is 1.88. The van der Waals surface area contributed by atoms with Gasteiger partial charge in [-0.2, -0.15) is 13.2 Å². The molecule has 0 radical (unpaired) electrons. The maximum atomic E-state index is 13.6. The highest BCUT2D eigenvalue weighted by Gasteiger charge is 2.35. The molecule has 0 aliphatic heterocycles. The van der Waals surface area contributed by atoms with Crippen molar-refractivity contribution in [1.29, 1.82) is 0 Å². The van der Waals surface area contributed by atoms with Gasteiger partial charge in [-0.15, -0.1) is 0 Å². The molecule has 1 N–H and O–H groups in total. The van der Waals surface area contributed by atoms with Crippen LogP contribution in [0.25, 0.3) is 0 Å². The molecule has 0 bridgehead atoms. The summed E-state index contributed by atoms with van der Waals surface area (Å²) in [6, 6.07) is 11.0. The predicted octanol–water partition coefficient (Wildman–Crippen LogP) is 5.03. The number of benzene rings is 2. The Morgan fingerprint density at radius 1 is 1.08 bits per heavy atom. The number of hydrogen-bond acceptors (Lipinski definition) is 4. The van der Waals surface area contributed by atoms with Gasteiger partial charge in [0.15, 0.2) is 0 Å². The molecule has 1 unspecified atom stereocenters. The molecule has 0 heterocycles. The minimum absolute atomic E-state index is 0.00199. The number of carbonyl (C=O) groups is 2. The molecule has 2 amide bonds. The van der Waals surface area contributed by atoms with E-state index in [2.05, 4.69) is 5.32 Å². The Hall–Kier alpha value is -2.79. The molecule has 39 heavy (non-hydrogen) atoms. The zero-order valence-electron chi connectivity index (χ0n) is 21.9. The molecule has 1 fully saturated rings. The van der Waals surface area contributed by atoms with E-state index in [0.717, 1.165) is 56.1 Å². The van der Waals surface area contributed by atoms with Crippen molar-refractivity contribution in [3.8, 4) is 0 Å². The summed E-state index contributed by atoms with van der Waals surface area (Å²) in [5, 5.41) is 2.40. The minimum atomic E-state index is -4.83. The highest BCUT2D eigenvalue weighted by Crippen LogP contribution is 2.37. The minimum Gasteiger partial charge on any atom is -0.352 e. The molecule has 1 saturated carbocycles. The lowest BCUT2D eigenvalue weighted by atomic mass is 9.95. The van der Waals surface area contributed by atoms with Crippen molar-refractivity contribution in [2.75, 3.05) is 23.7 Å². The van der Waals surface area contributed by atoms with Crippen molar-refractivity contribution in [2.45, 2.75) is 63.7 Å². The summed E-state index contributed by atoms with van der Waals surface area (Å²) in [4.78, 5) is 28.0. The molecule has 0 saturated heterocycles. The Morgan fingerprint density at radius 2 is 1.72 bits per heavy atom. The van der Waals surface area contributed by atoms with Crippen molar-refractivity contribution < 1.29 is 31.2 Å². The van der Waals surface area contributed by atoms with Gasteiger partial charge in [0.05, 0.1) is 22.5 Å². The maximum absolute atomic E-state index is 13.6. The maximum Gasteiger partial charge on any atom is 0.417 e. The van der Waals surface area contributed by atoms with Gasteiger partial charge in [-0.1, -0.05) is 61.2 Å². The van der Waals surface area contributed by atoms with Crippen molar-refractivity contribution in [3.63, 3.8) is 0 Å². The largest absolute Gasteiger partial charge is 0.417 e. The summed E-state index contributed by atoms with van der Waals surface area (Å²) in [7, 11) is -4.18. The van der Waals surface area contributed by atoms with E-state index in [1.807, 2.05) is 30.3 Å². The summed E-state index contributed by atoms with van der Waals surface area (Å²) < 4.78 is 66.3. The molecule has 0 aromatic heterocycles. The zero-order valence-corrected chi connectivity index (χ0v) is 23.5. The first-order chi connectivity index (χ1) is 18.3. The van der Waals surface area contributed by atoms with E-state index in [9.17, 15) is 31.2 Å². The third-order valence-electron chi connectivity index (χ3n) is 6.83. The number of sulfonamides is 1. The van der Waals surface area contributed by atoms with Crippen LogP contribution in [0.1, 0.15) is 50.2 Å². The highest BCUT2D eigenvalue weighted by molar-refractivity contribution is 7.92. The van der Waals surface area contributed by atoms with Gasteiger partial charge in [0.25, 0.3) is 0 Å². The Kier molecular flexibility index (Phi) is 10.3. The second kappa shape index (κ2) is 13.0. The van der Waals surface area contributed by atoms with E-state index in [0.29, 0.717) is 16.8 Å². The molecule has 3 rings (SSSR count). The van der Waals surface area contributed by atoms with Crippen LogP contribution in [0.2, 0.25) is 5.02 Å². The lowest BCUT2D eigenvalue weighted by molar-refractivity contribution is -0.139. The second-order valence-corrected chi connectivity index (χ2v) is 12.1. The summed E-state index contributed by atoms with van der Waals surface area (Å²) in [5.74, 6) is -1.08. The second-order valence-electron chi connectivity index (χ2n) is 9.77. The summed E-state index contributed by atoms with van der Waals surface area (Å²) in [5.41, 5.74) is -0.670. The number of halogens is 4. The highest BCUT2D eigenvalue weighted by atomic mass is 35.5. The van der Waals surface area contributed by atoms with Crippen LogP contribution in [0.15, 0.2) is 48.5 Å². The number of rotatable bonds is 10. The van der Waals surface area contributed by atoms with E-state index in [4.69, 9.17) is 11.6 Å². The van der Waals surface area contributed by atoms with Crippen LogP contribution in [0.3, 0.4) is 0 Å². The summed E-state index contributed by atoms with van der Waals surface area (Å²) in [6.07, 6.45) is 1.16. The Bertz CT molecular complexity index is 1250. The zero-order chi connectivity index (χ0) is 28.8. The predicted molar refractivity (Wildman–Crippen MR) is 145 cm³/mol. The van der Waals surface area contributed by atoms with Crippen molar-refractivity contribution in [2.24, 2.45) is 0 Å². The summed E-state index contributed by atoms with van der Waals surface area (Å²) >= 11 is 5.70. The molecule has 7 nitrogen and oxygen atoms in total. The standard InChI is InChI=1S/C27H33ClF3N3O4S/c1-19(26(36)32-21-11-7-4-8-12-21)33(16-15-20-9-5-3-6-10-20)25(35)18-34(39(2,37)38)22-13-14-24(28)23(17-22)27(29,30)31/h3,5-6,9-10,13-14,17,19,21H,4,7-8,11-12,15-16,18H2,1-2H3,(H,32,36). The number of anilines is 1. The molecule has 2 aromatic rings. The van der Waals surface area contributed by atoms with Crippen LogP contribution >= 0.6 is 11.6 Å². The fraction of sp³-hybridized carbons (Fsp3) is 0.481. The molecular formula is C27H33ClF3N3O4S. The number of alkyl halides is 3. The number of nitrogens with one attached hydrogen (secondary N) is 1. The fourth-order valence-corrected chi connectivity index (χ4v) is 5.70. The normalized spacial score (nSPS) is 15.4. The number of hydrogen-bond donors (Lipinski definition) is 1. The van der Waals surface area contributed by atoms with Crippen LogP contribution < -0.4 is 9.62 Å². The quantitative estimate of drug-likeness (QED) is 0.422. The van der Waals surface area contributed by atoms with E-state index in [1.54, 1.807) is 6.92 Å². The van der Waals surface area contributed by atoms with E-state index in [-0.39, 0.29) is 24.2 Å². The van der Waals surface area contributed by atoms with Crippen molar-refractivity contribution >= 4 is 39.1 Å². The molecular weight excluding hydrogens is 555 g/mol. The number of carbonyl (C=O) groups excluding carboxylic acids is 2. The molecule has 0 spiro atoms. The lowest BCUT2D eigenvalue weighted by Crippen LogP contribution is -2.53. The number of nitrogens with zero attached hydrogens (tertiary/aromatic N) is 2. The Labute approximate surface area is 232 Å². The average Bonchev–Trinajstić information content (AvgIpc) is 2.87. The monoisotopic (exact) mass is 587 g/mol. The van der Waals surface area contributed by atoms with Crippen LogP contribution in [0.4, 0.5) is 18.9 Å². The third kappa shape index (κ3) is 8.60. The van der Waals surface area contributed by atoms with Gasteiger partial charge in [-0.25, -0.2) is 8.42 Å². The first kappa shape index (κ1) is 30.7. The van der Waals surface area contributed by atoms with Crippen LogP contribution in [-0.4, -0.2) is 56.6 Å². The van der Waals surface area contributed by atoms with Gasteiger partial charge in [0, 0.05) is 12.6 Å². The van der Waals surface area contributed by atoms with E-state index < -0.39 is 45.3 Å². The van der Waals surface area contributed by atoms with Gasteiger partial charge in [-0.05, 0) is 49.9 Å². The van der Waals surface area contributed by atoms with Gasteiger partial charge in [0.2, 0.25) is 21.8 Å². The van der Waals surface area contributed by atoms with Gasteiger partial charge in [0.1, 0.15) is 12.6 Å². The molecule has 214 valence electrons. The molecule has 12 heteroatoms.